The number of anilines is 1. The molecule has 3 atom stereocenters. The Bertz CT molecular complexity index is 1530. The van der Waals surface area contributed by atoms with Crippen molar-refractivity contribution in [1.29, 1.82) is 0 Å². The van der Waals surface area contributed by atoms with Crippen molar-refractivity contribution in [3.63, 3.8) is 0 Å². The van der Waals surface area contributed by atoms with Gasteiger partial charge in [-0.1, -0.05) is 6.07 Å². The molecule has 206 valence electrons. The highest BCUT2D eigenvalue weighted by atomic mass is 32.2. The van der Waals surface area contributed by atoms with Crippen LogP contribution < -0.4 is 13.8 Å². The molecule has 11 nitrogen and oxygen atoms in total. The SMILES string of the molecule is COc1ccc2c(c1)C(c1cccnc1OC)(N1C[C@H](O)C[C@H]1C(=O)N(C)C)C(=O)N2S(=O)(=O)c1cccs1. The first-order valence-electron chi connectivity index (χ1n) is 12.1. The second-order valence-electron chi connectivity index (χ2n) is 9.45. The van der Waals surface area contributed by atoms with E-state index < -0.39 is 33.6 Å². The summed E-state index contributed by atoms with van der Waals surface area (Å²) in [5.41, 5.74) is -1.29. The molecular weight excluding hydrogens is 544 g/mol. The third-order valence-corrected chi connectivity index (χ3v) is 10.2. The van der Waals surface area contributed by atoms with Gasteiger partial charge in [0.15, 0.2) is 5.54 Å². The Balaban J connectivity index is 1.89. The molecule has 39 heavy (non-hydrogen) atoms. The lowest BCUT2D eigenvalue weighted by Crippen LogP contribution is -2.59. The van der Waals surface area contributed by atoms with Crippen LogP contribution in [-0.4, -0.2) is 87.1 Å². The summed E-state index contributed by atoms with van der Waals surface area (Å²) in [6, 6.07) is 9.97. The number of β-amino-alcohol motifs (C(OH)–C–C–N with tert-alkyl or cyclic N) is 1. The Morgan fingerprint density at radius 3 is 2.56 bits per heavy atom. The maximum Gasteiger partial charge on any atom is 0.280 e. The van der Waals surface area contributed by atoms with E-state index in [0.717, 1.165) is 15.6 Å². The number of nitrogens with zero attached hydrogens (tertiary/aromatic N) is 4. The van der Waals surface area contributed by atoms with Gasteiger partial charge in [-0.2, -0.15) is 12.7 Å². The molecule has 0 radical (unpaired) electrons. The van der Waals surface area contributed by atoms with E-state index in [-0.39, 0.29) is 45.8 Å². The predicted molar refractivity (Wildman–Crippen MR) is 143 cm³/mol. The molecule has 0 spiro atoms. The van der Waals surface area contributed by atoms with Crippen LogP contribution >= 0.6 is 11.3 Å². The van der Waals surface area contributed by atoms with Gasteiger partial charge in [0.25, 0.3) is 15.9 Å². The zero-order valence-electron chi connectivity index (χ0n) is 21.8. The Kier molecular flexibility index (Phi) is 6.87. The number of fused-ring (bicyclic) bond motifs is 1. The summed E-state index contributed by atoms with van der Waals surface area (Å²) in [7, 11) is 1.67. The average molecular weight is 573 g/mol. The van der Waals surface area contributed by atoms with Crippen LogP contribution in [0.5, 0.6) is 11.6 Å². The van der Waals surface area contributed by atoms with Gasteiger partial charge >= 0.3 is 0 Å². The number of likely N-dealkylation sites (N-methyl/N-ethyl adjacent to an activating group) is 1. The maximum atomic E-state index is 14.9. The average Bonchev–Trinajstić information content (AvgIpc) is 3.65. The van der Waals surface area contributed by atoms with E-state index in [2.05, 4.69) is 4.98 Å². The highest BCUT2D eigenvalue weighted by Gasteiger charge is 2.64. The van der Waals surface area contributed by atoms with Crippen LogP contribution in [0.4, 0.5) is 5.69 Å². The Morgan fingerprint density at radius 1 is 1.15 bits per heavy atom. The number of carbonyl (C=O) groups excluding carboxylic acids is 2. The first kappa shape index (κ1) is 27.1. The first-order valence-corrected chi connectivity index (χ1v) is 14.4. The second kappa shape index (κ2) is 9.90. The van der Waals surface area contributed by atoms with E-state index in [1.807, 2.05) is 0 Å². The van der Waals surface area contributed by atoms with Gasteiger partial charge in [-0.25, -0.2) is 4.98 Å². The van der Waals surface area contributed by atoms with E-state index in [1.165, 1.54) is 37.4 Å². The van der Waals surface area contributed by atoms with Gasteiger partial charge in [-0.05, 0) is 48.2 Å². The summed E-state index contributed by atoms with van der Waals surface area (Å²) < 4.78 is 39.8. The number of carbonyl (C=O) groups is 2. The molecule has 0 aliphatic carbocycles. The van der Waals surface area contributed by atoms with E-state index in [1.54, 1.807) is 54.7 Å². The van der Waals surface area contributed by atoms with Gasteiger partial charge in [-0.3, -0.25) is 14.5 Å². The quantitative estimate of drug-likeness (QED) is 0.449. The highest BCUT2D eigenvalue weighted by molar-refractivity contribution is 7.95. The fourth-order valence-electron chi connectivity index (χ4n) is 5.46. The number of ether oxygens (including phenoxy) is 2. The zero-order valence-corrected chi connectivity index (χ0v) is 23.4. The molecule has 2 aliphatic heterocycles. The van der Waals surface area contributed by atoms with Crippen LogP contribution in [0.2, 0.25) is 0 Å². The number of hydrogen-bond acceptors (Lipinski definition) is 10. The smallest absolute Gasteiger partial charge is 0.280 e. The van der Waals surface area contributed by atoms with Gasteiger partial charge in [0, 0.05) is 38.0 Å². The van der Waals surface area contributed by atoms with Crippen molar-refractivity contribution < 1.29 is 32.6 Å². The number of likely N-dealkylation sites (tertiary alicyclic amines) is 1. The van der Waals surface area contributed by atoms with Crippen LogP contribution in [0, 0.1) is 0 Å². The van der Waals surface area contributed by atoms with Crippen LogP contribution in [0.25, 0.3) is 0 Å². The summed E-state index contributed by atoms with van der Waals surface area (Å²) in [6.07, 6.45) is 0.581. The number of pyridine rings is 1. The Hall–Kier alpha value is -3.52. The lowest BCUT2D eigenvalue weighted by atomic mass is 9.81. The van der Waals surface area contributed by atoms with Crippen molar-refractivity contribution in [3.05, 3.63) is 65.2 Å². The van der Waals surface area contributed by atoms with Crippen molar-refractivity contribution in [2.24, 2.45) is 0 Å². The van der Waals surface area contributed by atoms with Gasteiger partial charge in [0.05, 0.1) is 32.1 Å². The second-order valence-corrected chi connectivity index (χ2v) is 12.4. The van der Waals surface area contributed by atoms with Crippen molar-refractivity contribution in [3.8, 4) is 11.6 Å². The molecule has 3 aromatic rings. The Morgan fingerprint density at radius 2 is 1.92 bits per heavy atom. The number of benzene rings is 1. The maximum absolute atomic E-state index is 14.9. The number of amides is 2. The highest BCUT2D eigenvalue weighted by Crippen LogP contribution is 2.55. The summed E-state index contributed by atoms with van der Waals surface area (Å²) in [4.78, 5) is 35.6. The molecule has 1 unspecified atom stereocenters. The van der Waals surface area contributed by atoms with Crippen LogP contribution in [0.3, 0.4) is 0 Å². The van der Waals surface area contributed by atoms with Crippen LogP contribution in [0.1, 0.15) is 17.5 Å². The fraction of sp³-hybridized carbons (Fsp3) is 0.346. The number of hydrogen-bond donors (Lipinski definition) is 1. The molecule has 5 rings (SSSR count). The molecule has 1 saturated heterocycles. The zero-order chi connectivity index (χ0) is 28.1. The molecule has 2 amide bonds. The number of sulfonamides is 1. The molecular formula is C26H28N4O7S2. The minimum absolute atomic E-state index is 0.0195. The number of thiophene rings is 1. The molecule has 13 heteroatoms. The van der Waals surface area contributed by atoms with Crippen LogP contribution in [-0.2, 0) is 25.2 Å². The molecule has 1 N–H and O–H groups in total. The summed E-state index contributed by atoms with van der Waals surface area (Å²) in [6.45, 7) is -0.0857. The normalized spacial score (nSPS) is 23.1. The number of aliphatic hydroxyl groups excluding tert-OH is 1. The minimum Gasteiger partial charge on any atom is -0.497 e. The fourth-order valence-corrected chi connectivity index (χ4v) is 7.98. The molecule has 2 aliphatic rings. The predicted octanol–water partition coefficient (Wildman–Crippen LogP) is 1.66. The largest absolute Gasteiger partial charge is 0.497 e. The van der Waals surface area contributed by atoms with Gasteiger partial charge < -0.3 is 19.5 Å². The van der Waals surface area contributed by atoms with Gasteiger partial charge in [-0.15, -0.1) is 11.3 Å². The third kappa shape index (κ3) is 3.99. The van der Waals surface area contributed by atoms with Gasteiger partial charge in [0.2, 0.25) is 11.8 Å². The number of rotatable bonds is 7. The van der Waals surface area contributed by atoms with E-state index in [9.17, 15) is 23.1 Å². The van der Waals surface area contributed by atoms with Crippen LogP contribution in [0.15, 0.2) is 58.3 Å². The number of aliphatic hydroxyl groups is 1. The van der Waals surface area contributed by atoms with E-state index in [0.29, 0.717) is 5.75 Å². The minimum atomic E-state index is -4.36. The molecule has 4 heterocycles. The topological polar surface area (TPSA) is 130 Å². The number of aromatic nitrogens is 1. The van der Waals surface area contributed by atoms with Gasteiger partial charge in [0.1, 0.15) is 9.96 Å². The summed E-state index contributed by atoms with van der Waals surface area (Å²) in [5.74, 6) is -0.728. The third-order valence-electron chi connectivity index (χ3n) is 7.09. The Labute approximate surface area is 230 Å². The lowest BCUT2D eigenvalue weighted by Gasteiger charge is -2.41. The number of methoxy groups -OCH3 is 2. The van der Waals surface area contributed by atoms with E-state index >= 15 is 0 Å². The molecule has 2 aromatic heterocycles. The van der Waals surface area contributed by atoms with Crippen molar-refractivity contribution >= 4 is 38.9 Å². The van der Waals surface area contributed by atoms with Crippen molar-refractivity contribution in [2.45, 2.75) is 28.3 Å². The van der Waals surface area contributed by atoms with E-state index in [4.69, 9.17) is 9.47 Å². The summed E-state index contributed by atoms with van der Waals surface area (Å²) in [5, 5.41) is 12.4. The standard InChI is InChI=1S/C26H28N4O7S2/c1-28(2)24(32)21-13-16(31)15-29(21)26(18-7-5-11-27-23(18)37-4)19-14-17(36-3)9-10-20(19)30(25(26)33)39(34,35)22-8-6-12-38-22/h5-12,14,16,21,31H,13,15H2,1-4H3/t16-,21+,26?/m1/s1. The lowest BCUT2D eigenvalue weighted by molar-refractivity contribution is -0.138. The van der Waals surface area contributed by atoms with Crippen molar-refractivity contribution in [2.75, 3.05) is 39.2 Å². The summed E-state index contributed by atoms with van der Waals surface area (Å²) >= 11 is 0.989. The molecule has 1 aromatic carbocycles. The van der Waals surface area contributed by atoms with Crippen molar-refractivity contribution in [1.82, 2.24) is 14.8 Å². The monoisotopic (exact) mass is 572 g/mol. The molecule has 1 fully saturated rings. The molecule has 0 bridgehead atoms. The first-order chi connectivity index (χ1) is 18.6. The molecule has 0 saturated carbocycles.